The van der Waals surface area contributed by atoms with E-state index in [4.69, 9.17) is 4.74 Å². The zero-order valence-corrected chi connectivity index (χ0v) is 14.7. The Morgan fingerprint density at radius 1 is 1.04 bits per heavy atom. The maximum absolute atomic E-state index is 12.2. The van der Waals surface area contributed by atoms with Gasteiger partial charge in [-0.2, -0.15) is 0 Å². The first-order valence-corrected chi connectivity index (χ1v) is 8.58. The Morgan fingerprint density at radius 3 is 2.62 bits per heavy atom. The number of amides is 2. The first-order valence-electron chi connectivity index (χ1n) is 7.77. The number of methoxy groups -OCH3 is 1. The van der Waals surface area contributed by atoms with Gasteiger partial charge in [-0.3, -0.25) is 9.59 Å². The molecule has 2 amide bonds. The summed E-state index contributed by atoms with van der Waals surface area (Å²) >= 11 is 1.13. The molecular formula is C18H16N4O3S. The first-order chi connectivity index (χ1) is 12.7. The average molecular weight is 368 g/mol. The SMILES string of the molecule is COc1cccc(C(=O)NCc2nnc(C(=O)Nc3ccccc3)s2)c1. The summed E-state index contributed by atoms with van der Waals surface area (Å²) in [5.74, 6) is 0.0156. The van der Waals surface area contributed by atoms with Crippen molar-refractivity contribution in [2.24, 2.45) is 0 Å². The van der Waals surface area contributed by atoms with Crippen LogP contribution >= 0.6 is 11.3 Å². The van der Waals surface area contributed by atoms with Crippen molar-refractivity contribution in [2.45, 2.75) is 6.54 Å². The number of hydrogen-bond donors (Lipinski definition) is 2. The molecule has 2 N–H and O–H groups in total. The number of rotatable bonds is 6. The highest BCUT2D eigenvalue weighted by atomic mass is 32.1. The van der Waals surface area contributed by atoms with Gasteiger partial charge in [0.25, 0.3) is 11.8 Å². The van der Waals surface area contributed by atoms with Crippen LogP contribution in [0.3, 0.4) is 0 Å². The van der Waals surface area contributed by atoms with Crippen LogP contribution in [0.2, 0.25) is 0 Å². The predicted octanol–water partition coefficient (Wildman–Crippen LogP) is 2.73. The highest BCUT2D eigenvalue weighted by Gasteiger charge is 2.14. The fourth-order valence-electron chi connectivity index (χ4n) is 2.15. The Kier molecular flexibility index (Phi) is 5.55. The molecule has 1 aromatic heterocycles. The number of para-hydroxylation sites is 1. The molecule has 0 radical (unpaired) electrons. The van der Waals surface area contributed by atoms with Crippen LogP contribution in [0.15, 0.2) is 54.6 Å². The van der Waals surface area contributed by atoms with E-state index < -0.39 is 0 Å². The van der Waals surface area contributed by atoms with Gasteiger partial charge in [0.05, 0.1) is 13.7 Å². The minimum absolute atomic E-state index is 0.187. The van der Waals surface area contributed by atoms with Gasteiger partial charge >= 0.3 is 0 Å². The van der Waals surface area contributed by atoms with Gasteiger partial charge in [-0.15, -0.1) is 10.2 Å². The Hall–Kier alpha value is -3.26. The second-order valence-electron chi connectivity index (χ2n) is 5.24. The van der Waals surface area contributed by atoms with Crippen LogP contribution in [-0.2, 0) is 6.54 Å². The van der Waals surface area contributed by atoms with Gasteiger partial charge in [0, 0.05) is 11.3 Å². The summed E-state index contributed by atoms with van der Waals surface area (Å²) < 4.78 is 5.10. The second-order valence-corrected chi connectivity index (χ2v) is 6.30. The zero-order valence-electron chi connectivity index (χ0n) is 13.9. The van der Waals surface area contributed by atoms with E-state index >= 15 is 0 Å². The summed E-state index contributed by atoms with van der Waals surface area (Å²) in [5.41, 5.74) is 1.16. The number of hydrogen-bond acceptors (Lipinski definition) is 6. The van der Waals surface area contributed by atoms with Crippen LogP contribution in [0.5, 0.6) is 5.75 Å². The van der Waals surface area contributed by atoms with Crippen molar-refractivity contribution in [3.05, 3.63) is 70.2 Å². The molecule has 0 aliphatic heterocycles. The summed E-state index contributed by atoms with van der Waals surface area (Å²) in [6.07, 6.45) is 0. The molecule has 1 heterocycles. The van der Waals surface area contributed by atoms with E-state index in [1.807, 2.05) is 18.2 Å². The third-order valence-electron chi connectivity index (χ3n) is 3.42. The standard InChI is InChI=1S/C18H16N4O3S/c1-25-14-9-5-6-12(10-14)16(23)19-11-15-21-22-18(26-15)17(24)20-13-7-3-2-4-8-13/h2-10H,11H2,1H3,(H,19,23)(H,20,24). The van der Waals surface area contributed by atoms with Crippen LogP contribution in [0.1, 0.15) is 25.2 Å². The molecule has 0 fully saturated rings. The molecule has 0 bridgehead atoms. The Balaban J connectivity index is 1.58. The Morgan fingerprint density at radius 2 is 1.85 bits per heavy atom. The van der Waals surface area contributed by atoms with Gasteiger partial charge in [0.15, 0.2) is 0 Å². The molecule has 7 nitrogen and oxygen atoms in total. The van der Waals surface area contributed by atoms with Crippen molar-refractivity contribution in [1.29, 1.82) is 0 Å². The smallest absolute Gasteiger partial charge is 0.286 e. The second kappa shape index (κ2) is 8.21. The number of anilines is 1. The van der Waals surface area contributed by atoms with Crippen LogP contribution in [0.4, 0.5) is 5.69 Å². The zero-order chi connectivity index (χ0) is 18.4. The lowest BCUT2D eigenvalue weighted by molar-refractivity contribution is 0.0949. The molecule has 3 rings (SSSR count). The fraction of sp³-hybridized carbons (Fsp3) is 0.111. The molecule has 0 saturated carbocycles. The van der Waals surface area contributed by atoms with Crippen molar-refractivity contribution in [3.63, 3.8) is 0 Å². The summed E-state index contributed by atoms with van der Waals surface area (Å²) in [5, 5.41) is 14.1. The average Bonchev–Trinajstić information content (AvgIpc) is 3.16. The maximum Gasteiger partial charge on any atom is 0.286 e. The molecule has 8 heteroatoms. The largest absolute Gasteiger partial charge is 0.497 e. The molecule has 2 aromatic carbocycles. The lowest BCUT2D eigenvalue weighted by Crippen LogP contribution is -2.22. The topological polar surface area (TPSA) is 93.2 Å². The molecule has 26 heavy (non-hydrogen) atoms. The number of carbonyl (C=O) groups excluding carboxylic acids is 2. The lowest BCUT2D eigenvalue weighted by Gasteiger charge is -2.05. The van der Waals surface area contributed by atoms with Crippen LogP contribution in [-0.4, -0.2) is 29.1 Å². The Labute approximate surface area is 154 Å². The third-order valence-corrected chi connectivity index (χ3v) is 4.35. The number of carbonyl (C=O) groups is 2. The van der Waals surface area contributed by atoms with Gasteiger partial charge in [0.1, 0.15) is 10.8 Å². The number of benzene rings is 2. The number of aromatic nitrogens is 2. The molecule has 0 saturated heterocycles. The van der Waals surface area contributed by atoms with Crippen molar-refractivity contribution in [2.75, 3.05) is 12.4 Å². The van der Waals surface area contributed by atoms with Gasteiger partial charge in [0.2, 0.25) is 5.01 Å². The van der Waals surface area contributed by atoms with Crippen LogP contribution in [0, 0.1) is 0 Å². The number of nitrogens with zero attached hydrogens (tertiary/aromatic N) is 2. The van der Waals surface area contributed by atoms with E-state index in [9.17, 15) is 9.59 Å². The van der Waals surface area contributed by atoms with Crippen molar-refractivity contribution in [3.8, 4) is 5.75 Å². The molecule has 0 unspecified atom stereocenters. The fourth-order valence-corrected chi connectivity index (χ4v) is 2.82. The number of ether oxygens (including phenoxy) is 1. The summed E-state index contributed by atoms with van der Waals surface area (Å²) in [6.45, 7) is 0.187. The van der Waals surface area contributed by atoms with Gasteiger partial charge in [-0.05, 0) is 30.3 Å². The molecule has 3 aromatic rings. The summed E-state index contributed by atoms with van der Waals surface area (Å²) in [6, 6.07) is 15.9. The third kappa shape index (κ3) is 4.42. The van der Waals surface area contributed by atoms with Crippen LogP contribution < -0.4 is 15.4 Å². The predicted molar refractivity (Wildman–Crippen MR) is 98.5 cm³/mol. The Bertz CT molecular complexity index is 912. The normalized spacial score (nSPS) is 10.2. The minimum Gasteiger partial charge on any atom is -0.497 e. The summed E-state index contributed by atoms with van der Waals surface area (Å²) in [4.78, 5) is 24.3. The van der Waals surface area contributed by atoms with E-state index in [1.165, 1.54) is 0 Å². The van der Waals surface area contributed by atoms with Gasteiger partial charge in [-0.1, -0.05) is 35.6 Å². The number of nitrogens with one attached hydrogen (secondary N) is 2. The molecule has 0 spiro atoms. The highest BCUT2D eigenvalue weighted by Crippen LogP contribution is 2.15. The molecule has 0 atom stereocenters. The van der Waals surface area contributed by atoms with E-state index in [1.54, 1.807) is 43.5 Å². The van der Waals surface area contributed by atoms with Crippen molar-refractivity contribution < 1.29 is 14.3 Å². The van der Waals surface area contributed by atoms with E-state index in [2.05, 4.69) is 20.8 Å². The van der Waals surface area contributed by atoms with Gasteiger partial charge in [-0.25, -0.2) is 0 Å². The van der Waals surface area contributed by atoms with Crippen molar-refractivity contribution >= 4 is 28.8 Å². The molecule has 0 aliphatic rings. The molecule has 0 aliphatic carbocycles. The molecular weight excluding hydrogens is 352 g/mol. The monoisotopic (exact) mass is 368 g/mol. The van der Waals surface area contributed by atoms with E-state index in [0.717, 1.165) is 11.3 Å². The highest BCUT2D eigenvalue weighted by molar-refractivity contribution is 7.13. The van der Waals surface area contributed by atoms with Crippen molar-refractivity contribution in [1.82, 2.24) is 15.5 Å². The van der Waals surface area contributed by atoms with E-state index in [0.29, 0.717) is 22.0 Å². The van der Waals surface area contributed by atoms with E-state index in [-0.39, 0.29) is 23.4 Å². The summed E-state index contributed by atoms with van der Waals surface area (Å²) in [7, 11) is 1.54. The maximum atomic E-state index is 12.2. The first kappa shape index (κ1) is 17.6. The minimum atomic E-state index is -0.334. The lowest BCUT2D eigenvalue weighted by atomic mass is 10.2. The van der Waals surface area contributed by atoms with Gasteiger partial charge < -0.3 is 15.4 Å². The molecule has 132 valence electrons. The quantitative estimate of drug-likeness (QED) is 0.698. The van der Waals surface area contributed by atoms with Crippen LogP contribution in [0.25, 0.3) is 0 Å².